The minimum atomic E-state index is -0.155. The number of nitrogens with zero attached hydrogens (tertiary/aromatic N) is 2. The highest BCUT2D eigenvalue weighted by Crippen LogP contribution is 2.21. The van der Waals surface area contributed by atoms with Crippen molar-refractivity contribution in [3.8, 4) is 5.75 Å². The Bertz CT molecular complexity index is 868. The predicted molar refractivity (Wildman–Crippen MR) is 98.7 cm³/mol. The number of imidazole rings is 1. The van der Waals surface area contributed by atoms with Gasteiger partial charge in [0.25, 0.3) is 0 Å². The zero-order valence-corrected chi connectivity index (χ0v) is 14.8. The van der Waals surface area contributed by atoms with Crippen LogP contribution >= 0.6 is 0 Å². The van der Waals surface area contributed by atoms with E-state index in [1.54, 1.807) is 7.11 Å². The summed E-state index contributed by atoms with van der Waals surface area (Å²) in [6.45, 7) is 4.87. The standard InChI is InChI=1S/C20H23N3O2/c1-4-23-18-8-6-5-7-17(18)22-20(23)14(2)21-19(24)13-15-9-11-16(25-3)12-10-15/h5-12,14H,4,13H2,1-3H3,(H,21,24)/t14-/m1/s1. The lowest BCUT2D eigenvalue weighted by molar-refractivity contribution is -0.121. The highest BCUT2D eigenvalue weighted by atomic mass is 16.5. The first-order valence-electron chi connectivity index (χ1n) is 8.49. The summed E-state index contributed by atoms with van der Waals surface area (Å²) in [7, 11) is 1.63. The number of hydrogen-bond donors (Lipinski definition) is 1. The summed E-state index contributed by atoms with van der Waals surface area (Å²) in [4.78, 5) is 17.1. The quantitative estimate of drug-likeness (QED) is 0.749. The molecule has 0 fully saturated rings. The van der Waals surface area contributed by atoms with Crippen LogP contribution < -0.4 is 10.1 Å². The Hall–Kier alpha value is -2.82. The number of para-hydroxylation sites is 2. The topological polar surface area (TPSA) is 56.2 Å². The molecular weight excluding hydrogens is 314 g/mol. The second-order valence-corrected chi connectivity index (χ2v) is 6.02. The van der Waals surface area contributed by atoms with Gasteiger partial charge in [-0.25, -0.2) is 4.98 Å². The van der Waals surface area contributed by atoms with Gasteiger partial charge in [-0.1, -0.05) is 24.3 Å². The molecule has 5 heteroatoms. The largest absolute Gasteiger partial charge is 0.497 e. The summed E-state index contributed by atoms with van der Waals surface area (Å²) in [5.74, 6) is 1.65. The maximum atomic E-state index is 12.4. The molecule has 0 aliphatic carbocycles. The minimum absolute atomic E-state index is 0.0209. The lowest BCUT2D eigenvalue weighted by Crippen LogP contribution is -2.29. The summed E-state index contributed by atoms with van der Waals surface area (Å²) in [6.07, 6.45) is 0.334. The van der Waals surface area contributed by atoms with E-state index < -0.39 is 0 Å². The van der Waals surface area contributed by atoms with E-state index in [0.717, 1.165) is 34.7 Å². The number of fused-ring (bicyclic) bond motifs is 1. The van der Waals surface area contributed by atoms with Gasteiger partial charge in [0, 0.05) is 6.54 Å². The molecule has 2 aromatic carbocycles. The summed E-state index contributed by atoms with van der Waals surface area (Å²) in [5, 5.41) is 3.06. The van der Waals surface area contributed by atoms with Gasteiger partial charge in [0.05, 0.1) is 30.6 Å². The number of carbonyl (C=O) groups excluding carboxylic acids is 1. The molecule has 0 aliphatic rings. The summed E-state index contributed by atoms with van der Waals surface area (Å²) >= 11 is 0. The fraction of sp³-hybridized carbons (Fsp3) is 0.300. The Balaban J connectivity index is 1.72. The molecule has 25 heavy (non-hydrogen) atoms. The monoisotopic (exact) mass is 337 g/mol. The third-order valence-electron chi connectivity index (χ3n) is 4.29. The number of methoxy groups -OCH3 is 1. The van der Waals surface area contributed by atoms with Gasteiger partial charge in [0.2, 0.25) is 5.91 Å². The Morgan fingerprint density at radius 3 is 2.60 bits per heavy atom. The zero-order chi connectivity index (χ0) is 17.8. The van der Waals surface area contributed by atoms with Crippen LogP contribution in [0.5, 0.6) is 5.75 Å². The number of hydrogen-bond acceptors (Lipinski definition) is 3. The average molecular weight is 337 g/mol. The van der Waals surface area contributed by atoms with Crippen LogP contribution in [0.4, 0.5) is 0 Å². The van der Waals surface area contributed by atoms with Crippen molar-refractivity contribution in [2.75, 3.05) is 7.11 Å². The predicted octanol–water partition coefficient (Wildman–Crippen LogP) is 3.48. The van der Waals surface area contributed by atoms with Crippen molar-refractivity contribution >= 4 is 16.9 Å². The molecule has 3 rings (SSSR count). The molecule has 1 heterocycles. The van der Waals surface area contributed by atoms with E-state index in [2.05, 4.69) is 22.9 Å². The van der Waals surface area contributed by atoms with Crippen molar-refractivity contribution in [2.45, 2.75) is 32.9 Å². The molecule has 1 aromatic heterocycles. The SMILES string of the molecule is CCn1c([C@@H](C)NC(=O)Cc2ccc(OC)cc2)nc2ccccc21. The van der Waals surface area contributed by atoms with E-state index >= 15 is 0 Å². The molecule has 1 amide bonds. The number of ether oxygens (including phenoxy) is 1. The van der Waals surface area contributed by atoms with E-state index in [0.29, 0.717) is 6.42 Å². The Morgan fingerprint density at radius 2 is 1.92 bits per heavy atom. The molecule has 0 unspecified atom stereocenters. The molecule has 1 atom stereocenters. The fourth-order valence-corrected chi connectivity index (χ4v) is 3.04. The molecule has 0 aliphatic heterocycles. The van der Waals surface area contributed by atoms with Gasteiger partial charge >= 0.3 is 0 Å². The summed E-state index contributed by atoms with van der Waals surface area (Å²) in [5.41, 5.74) is 3.00. The van der Waals surface area contributed by atoms with Crippen LogP contribution in [0, 0.1) is 0 Å². The van der Waals surface area contributed by atoms with Crippen molar-refractivity contribution < 1.29 is 9.53 Å². The molecule has 0 spiro atoms. The molecule has 3 aromatic rings. The molecule has 1 N–H and O–H groups in total. The highest BCUT2D eigenvalue weighted by Gasteiger charge is 2.17. The zero-order valence-electron chi connectivity index (χ0n) is 14.8. The molecule has 130 valence electrons. The van der Waals surface area contributed by atoms with Crippen LogP contribution in [0.15, 0.2) is 48.5 Å². The molecular formula is C20H23N3O2. The van der Waals surface area contributed by atoms with Gasteiger partial charge in [-0.05, 0) is 43.7 Å². The van der Waals surface area contributed by atoms with Crippen LogP contribution in [-0.2, 0) is 17.8 Å². The first kappa shape index (κ1) is 17.0. The highest BCUT2D eigenvalue weighted by molar-refractivity contribution is 5.79. The second-order valence-electron chi connectivity index (χ2n) is 6.02. The van der Waals surface area contributed by atoms with Gasteiger partial charge in [-0.15, -0.1) is 0 Å². The van der Waals surface area contributed by atoms with Crippen LogP contribution in [0.1, 0.15) is 31.3 Å². The van der Waals surface area contributed by atoms with Crippen LogP contribution in [0.25, 0.3) is 11.0 Å². The number of aromatic nitrogens is 2. The lowest BCUT2D eigenvalue weighted by Gasteiger charge is -2.15. The van der Waals surface area contributed by atoms with E-state index in [4.69, 9.17) is 9.72 Å². The van der Waals surface area contributed by atoms with E-state index in [9.17, 15) is 4.79 Å². The van der Waals surface area contributed by atoms with Gasteiger partial charge in [0.1, 0.15) is 11.6 Å². The normalized spacial score (nSPS) is 12.1. The number of benzene rings is 2. The van der Waals surface area contributed by atoms with Gasteiger partial charge in [0.15, 0.2) is 0 Å². The van der Waals surface area contributed by atoms with Crippen molar-refractivity contribution in [3.63, 3.8) is 0 Å². The lowest BCUT2D eigenvalue weighted by atomic mass is 10.1. The molecule has 5 nitrogen and oxygen atoms in total. The molecule has 0 bridgehead atoms. The Labute approximate surface area is 147 Å². The summed E-state index contributed by atoms with van der Waals surface area (Å²) in [6, 6.07) is 15.4. The molecule has 0 radical (unpaired) electrons. The second kappa shape index (κ2) is 7.38. The fourth-order valence-electron chi connectivity index (χ4n) is 3.04. The average Bonchev–Trinajstić information content (AvgIpc) is 3.01. The third-order valence-corrected chi connectivity index (χ3v) is 4.29. The molecule has 0 saturated heterocycles. The van der Waals surface area contributed by atoms with Crippen LogP contribution in [-0.4, -0.2) is 22.6 Å². The van der Waals surface area contributed by atoms with Gasteiger partial charge in [-0.3, -0.25) is 4.79 Å². The van der Waals surface area contributed by atoms with Crippen molar-refractivity contribution in [1.82, 2.24) is 14.9 Å². The maximum absolute atomic E-state index is 12.4. The molecule has 0 saturated carbocycles. The van der Waals surface area contributed by atoms with Crippen molar-refractivity contribution in [1.29, 1.82) is 0 Å². The van der Waals surface area contributed by atoms with Gasteiger partial charge in [-0.2, -0.15) is 0 Å². The number of carbonyl (C=O) groups is 1. The van der Waals surface area contributed by atoms with Crippen molar-refractivity contribution in [2.24, 2.45) is 0 Å². The van der Waals surface area contributed by atoms with Crippen molar-refractivity contribution in [3.05, 3.63) is 59.9 Å². The van der Waals surface area contributed by atoms with E-state index in [1.807, 2.05) is 49.4 Å². The Kier molecular flexibility index (Phi) is 5.03. The number of nitrogens with one attached hydrogen (secondary N) is 1. The van der Waals surface area contributed by atoms with E-state index in [-0.39, 0.29) is 11.9 Å². The smallest absolute Gasteiger partial charge is 0.224 e. The number of rotatable bonds is 6. The first-order chi connectivity index (χ1) is 12.1. The number of amides is 1. The maximum Gasteiger partial charge on any atom is 0.224 e. The van der Waals surface area contributed by atoms with E-state index in [1.165, 1.54) is 0 Å². The van der Waals surface area contributed by atoms with Gasteiger partial charge < -0.3 is 14.6 Å². The van der Waals surface area contributed by atoms with Crippen LogP contribution in [0.2, 0.25) is 0 Å². The third kappa shape index (κ3) is 3.65. The Morgan fingerprint density at radius 1 is 1.20 bits per heavy atom. The minimum Gasteiger partial charge on any atom is -0.497 e. The first-order valence-corrected chi connectivity index (χ1v) is 8.49. The summed E-state index contributed by atoms with van der Waals surface area (Å²) < 4.78 is 7.29. The number of aryl methyl sites for hydroxylation is 1. The van der Waals surface area contributed by atoms with Crippen LogP contribution in [0.3, 0.4) is 0 Å².